The molecule has 0 radical (unpaired) electrons. The minimum atomic E-state index is -2.64. The maximum absolute atomic E-state index is 14.0. The van der Waals surface area contributed by atoms with Gasteiger partial charge in [0.15, 0.2) is 0 Å². The van der Waals surface area contributed by atoms with Crippen LogP contribution in [0.25, 0.3) is 0 Å². The minimum Gasteiger partial charge on any atom is -0.407 e. The fourth-order valence-corrected chi connectivity index (χ4v) is 10.0. The Labute approximate surface area is 192 Å². The molecule has 0 aromatic heterocycles. The van der Waals surface area contributed by atoms with E-state index < -0.39 is 19.8 Å². The molecule has 0 aliphatic heterocycles. The highest BCUT2D eigenvalue weighted by molar-refractivity contribution is 6.99. The van der Waals surface area contributed by atoms with Crippen molar-refractivity contribution in [1.29, 1.82) is 0 Å². The zero-order valence-electron chi connectivity index (χ0n) is 19.4. The molecule has 3 aromatic rings. The molecule has 168 valence electrons. The maximum Gasteiger partial charge on any atom is 0.261 e. The van der Waals surface area contributed by atoms with Crippen molar-refractivity contribution >= 4 is 18.7 Å². The Morgan fingerprint density at radius 3 is 2.00 bits per heavy atom. The van der Waals surface area contributed by atoms with Gasteiger partial charge in [-0.2, -0.15) is 0 Å². The molecule has 3 aromatic carbocycles. The van der Waals surface area contributed by atoms with Crippen molar-refractivity contribution in [2.24, 2.45) is 5.92 Å². The second kappa shape index (κ2) is 8.58. The van der Waals surface area contributed by atoms with Gasteiger partial charge in [0.1, 0.15) is 5.82 Å². The minimum absolute atomic E-state index is 0.100. The molecule has 0 spiro atoms. The number of aliphatic hydroxyl groups is 1. The lowest BCUT2D eigenvalue weighted by atomic mass is 9.88. The Kier molecular flexibility index (Phi) is 6.14. The van der Waals surface area contributed by atoms with E-state index in [1.165, 1.54) is 16.4 Å². The van der Waals surface area contributed by atoms with E-state index in [9.17, 15) is 9.50 Å². The molecule has 1 fully saturated rings. The van der Waals surface area contributed by atoms with Crippen molar-refractivity contribution in [2.75, 3.05) is 6.61 Å². The quantitative estimate of drug-likeness (QED) is 0.513. The molecule has 2 nitrogen and oxygen atoms in total. The Morgan fingerprint density at radius 1 is 0.969 bits per heavy atom. The summed E-state index contributed by atoms with van der Waals surface area (Å²) in [4.78, 5) is 0. The molecule has 1 saturated carbocycles. The van der Waals surface area contributed by atoms with E-state index in [1.807, 2.05) is 25.1 Å². The molecule has 0 amide bonds. The molecule has 1 aliphatic rings. The molecular weight excluding hydrogens is 415 g/mol. The zero-order chi connectivity index (χ0) is 23.0. The second-order valence-electron chi connectivity index (χ2n) is 10.1. The van der Waals surface area contributed by atoms with Crippen molar-refractivity contribution in [3.63, 3.8) is 0 Å². The summed E-state index contributed by atoms with van der Waals surface area (Å²) in [6.07, 6.45) is 0.226. The van der Waals surface area contributed by atoms with Gasteiger partial charge in [0.05, 0.1) is 6.10 Å². The SMILES string of the molecule is CC(O)[C@@]1(c2cccc(F)c2)C[C@H]1CO[Si](c1ccccc1)(c1ccccc1)C(C)(C)C. The first-order valence-corrected chi connectivity index (χ1v) is 13.3. The molecule has 4 heteroatoms. The Morgan fingerprint density at radius 2 is 1.53 bits per heavy atom. The highest BCUT2D eigenvalue weighted by atomic mass is 28.4. The summed E-state index contributed by atoms with van der Waals surface area (Å²) in [5, 5.41) is 13.1. The number of hydrogen-bond donors (Lipinski definition) is 1. The van der Waals surface area contributed by atoms with Crippen LogP contribution in [-0.4, -0.2) is 26.1 Å². The lowest BCUT2D eigenvalue weighted by molar-refractivity contribution is 0.133. The molecule has 4 rings (SSSR count). The van der Waals surface area contributed by atoms with Crippen molar-refractivity contribution < 1.29 is 13.9 Å². The van der Waals surface area contributed by atoms with Crippen molar-refractivity contribution in [1.82, 2.24) is 0 Å². The Bertz CT molecular complexity index is 1010. The van der Waals surface area contributed by atoms with Gasteiger partial charge in [-0.25, -0.2) is 4.39 Å². The number of aliphatic hydroxyl groups excluding tert-OH is 1. The Hall–Kier alpha value is -2.27. The smallest absolute Gasteiger partial charge is 0.261 e. The van der Waals surface area contributed by atoms with E-state index in [-0.39, 0.29) is 16.8 Å². The monoisotopic (exact) mass is 448 g/mol. The van der Waals surface area contributed by atoms with Gasteiger partial charge < -0.3 is 9.53 Å². The number of hydrogen-bond acceptors (Lipinski definition) is 2. The van der Waals surface area contributed by atoms with Crippen LogP contribution in [0.2, 0.25) is 5.04 Å². The van der Waals surface area contributed by atoms with Crippen LogP contribution in [0.4, 0.5) is 4.39 Å². The molecule has 1 N–H and O–H groups in total. The number of halogens is 1. The number of rotatable bonds is 7. The normalized spacial score (nSPS) is 21.9. The third kappa shape index (κ3) is 3.85. The van der Waals surface area contributed by atoms with Gasteiger partial charge in [0, 0.05) is 12.0 Å². The standard InChI is InChI=1S/C28H33FO2Si/c1-21(30)28(22-12-11-13-24(29)18-22)19-23(28)20-31-32(27(2,3)4,25-14-7-5-8-15-25)26-16-9-6-10-17-26/h5-18,21,23,30H,19-20H2,1-4H3/t21?,23-,28+/m0/s1. The van der Waals surface area contributed by atoms with Gasteiger partial charge in [-0.3, -0.25) is 0 Å². The van der Waals surface area contributed by atoms with Gasteiger partial charge in [0.2, 0.25) is 0 Å². The van der Waals surface area contributed by atoms with E-state index in [2.05, 4.69) is 69.3 Å². The van der Waals surface area contributed by atoms with Gasteiger partial charge in [0.25, 0.3) is 8.32 Å². The summed E-state index contributed by atoms with van der Waals surface area (Å²) in [5.41, 5.74) is 0.414. The molecule has 3 atom stereocenters. The zero-order valence-corrected chi connectivity index (χ0v) is 20.4. The van der Waals surface area contributed by atoms with Crippen LogP contribution in [0.3, 0.4) is 0 Å². The summed E-state index contributed by atoms with van der Waals surface area (Å²) in [6, 6.07) is 27.8. The van der Waals surface area contributed by atoms with Crippen molar-refractivity contribution in [3.8, 4) is 0 Å². The highest BCUT2D eigenvalue weighted by Crippen LogP contribution is 2.57. The maximum atomic E-state index is 14.0. The molecule has 1 aliphatic carbocycles. The van der Waals surface area contributed by atoms with Crippen LogP contribution in [0.15, 0.2) is 84.9 Å². The summed E-state index contributed by atoms with van der Waals surface area (Å²) in [7, 11) is -2.64. The molecule has 32 heavy (non-hydrogen) atoms. The van der Waals surface area contributed by atoms with Crippen LogP contribution in [0.1, 0.15) is 39.7 Å². The van der Waals surface area contributed by atoms with Crippen LogP contribution in [-0.2, 0) is 9.84 Å². The molecule has 0 saturated heterocycles. The van der Waals surface area contributed by atoms with E-state index in [0.717, 1.165) is 12.0 Å². The van der Waals surface area contributed by atoms with Gasteiger partial charge in [-0.15, -0.1) is 0 Å². The van der Waals surface area contributed by atoms with E-state index in [1.54, 1.807) is 12.1 Å². The number of benzene rings is 3. The van der Waals surface area contributed by atoms with Crippen LogP contribution in [0, 0.1) is 11.7 Å². The van der Waals surface area contributed by atoms with Crippen molar-refractivity contribution in [2.45, 2.75) is 50.7 Å². The fourth-order valence-electron chi connectivity index (χ4n) is 5.43. The van der Waals surface area contributed by atoms with Crippen LogP contribution in [0.5, 0.6) is 0 Å². The third-order valence-corrected chi connectivity index (χ3v) is 12.2. The van der Waals surface area contributed by atoms with Crippen molar-refractivity contribution in [3.05, 3.63) is 96.3 Å². The van der Waals surface area contributed by atoms with E-state index >= 15 is 0 Å². The summed E-state index contributed by atoms with van der Waals surface area (Å²) >= 11 is 0. The summed E-state index contributed by atoms with van der Waals surface area (Å²) in [5.74, 6) is -0.118. The lowest BCUT2D eigenvalue weighted by Gasteiger charge is -2.43. The lowest BCUT2D eigenvalue weighted by Crippen LogP contribution is -2.66. The summed E-state index contributed by atoms with van der Waals surface area (Å²) in [6.45, 7) is 9.14. The van der Waals surface area contributed by atoms with Gasteiger partial charge in [-0.1, -0.05) is 93.6 Å². The van der Waals surface area contributed by atoms with Gasteiger partial charge in [-0.05, 0) is 52.4 Å². The molecule has 0 bridgehead atoms. The first kappa shape index (κ1) is 22.9. The average molecular weight is 449 g/mol. The topological polar surface area (TPSA) is 29.5 Å². The van der Waals surface area contributed by atoms with Crippen LogP contribution < -0.4 is 10.4 Å². The third-order valence-electron chi connectivity index (χ3n) is 7.18. The predicted molar refractivity (Wildman–Crippen MR) is 131 cm³/mol. The first-order chi connectivity index (χ1) is 15.2. The largest absolute Gasteiger partial charge is 0.407 e. The fraction of sp³-hybridized carbons (Fsp3) is 0.357. The van der Waals surface area contributed by atoms with Gasteiger partial charge >= 0.3 is 0 Å². The predicted octanol–water partition coefficient (Wildman–Crippen LogP) is 5.04. The van der Waals surface area contributed by atoms with Crippen LogP contribution >= 0.6 is 0 Å². The highest BCUT2D eigenvalue weighted by Gasteiger charge is 2.60. The average Bonchev–Trinajstić information content (AvgIpc) is 3.51. The molecule has 1 unspecified atom stereocenters. The van der Waals surface area contributed by atoms with E-state index in [4.69, 9.17) is 4.43 Å². The van der Waals surface area contributed by atoms with E-state index in [0.29, 0.717) is 6.61 Å². The molecule has 0 heterocycles. The first-order valence-electron chi connectivity index (χ1n) is 11.4. The second-order valence-corrected chi connectivity index (χ2v) is 14.4. The molecular formula is C28H33FO2Si. The Balaban J connectivity index is 1.72. The summed E-state index contributed by atoms with van der Waals surface area (Å²) < 4.78 is 21.1.